The summed E-state index contributed by atoms with van der Waals surface area (Å²) in [7, 11) is 0. The fourth-order valence-electron chi connectivity index (χ4n) is 2.39. The van der Waals surface area contributed by atoms with Crippen LogP contribution in [-0.4, -0.2) is 35.5 Å². The molecule has 1 saturated heterocycles. The van der Waals surface area contributed by atoms with Crippen LogP contribution in [0.15, 0.2) is 30.5 Å². The number of hydrogen-bond acceptors (Lipinski definition) is 3. The van der Waals surface area contributed by atoms with Gasteiger partial charge in [0.1, 0.15) is 5.60 Å². The molecule has 0 radical (unpaired) electrons. The summed E-state index contributed by atoms with van der Waals surface area (Å²) < 4.78 is 5.22. The maximum absolute atomic E-state index is 10.1. The summed E-state index contributed by atoms with van der Waals surface area (Å²) in [5.74, 6) is 0. The number of hydrogen-bond donors (Lipinski definition) is 3. The molecule has 1 aliphatic heterocycles. The molecule has 1 aromatic carbocycles. The fourth-order valence-corrected chi connectivity index (χ4v) is 2.39. The molecule has 0 amide bonds. The van der Waals surface area contributed by atoms with E-state index in [2.05, 4.69) is 34.6 Å². The molecular formula is C14H18N2O2. The summed E-state index contributed by atoms with van der Waals surface area (Å²) in [6.45, 7) is 2.45. The van der Waals surface area contributed by atoms with E-state index in [1.807, 2.05) is 6.20 Å². The normalized spacial score (nSPS) is 23.8. The molecule has 1 fully saturated rings. The Morgan fingerprint density at radius 1 is 1.39 bits per heavy atom. The SMILES string of the molecule is OC1(CNCc2ccc3[nH]ccc3c2)CCOC1. The van der Waals surface area contributed by atoms with Crippen LogP contribution in [0, 0.1) is 0 Å². The van der Waals surface area contributed by atoms with Crippen molar-refractivity contribution in [3.05, 3.63) is 36.0 Å². The third-order valence-electron chi connectivity index (χ3n) is 3.48. The van der Waals surface area contributed by atoms with Gasteiger partial charge in [-0.15, -0.1) is 0 Å². The molecular weight excluding hydrogens is 228 g/mol. The second-order valence-electron chi connectivity index (χ2n) is 5.03. The highest BCUT2D eigenvalue weighted by molar-refractivity contribution is 5.79. The van der Waals surface area contributed by atoms with Crippen molar-refractivity contribution in [1.29, 1.82) is 0 Å². The van der Waals surface area contributed by atoms with Crippen LogP contribution in [0.1, 0.15) is 12.0 Å². The van der Waals surface area contributed by atoms with Gasteiger partial charge in [-0.05, 0) is 29.1 Å². The van der Waals surface area contributed by atoms with E-state index in [0.29, 0.717) is 19.8 Å². The molecule has 1 aromatic heterocycles. The molecule has 0 aliphatic carbocycles. The Kier molecular flexibility index (Phi) is 3.07. The standard InChI is InChI=1S/C14H18N2O2/c17-14(4-6-18-10-14)9-15-8-11-1-2-13-12(7-11)3-5-16-13/h1-3,5,7,15-17H,4,6,8-10H2. The van der Waals surface area contributed by atoms with Gasteiger partial charge in [-0.25, -0.2) is 0 Å². The van der Waals surface area contributed by atoms with Crippen molar-refractivity contribution in [2.24, 2.45) is 0 Å². The van der Waals surface area contributed by atoms with E-state index in [4.69, 9.17) is 4.74 Å². The Morgan fingerprint density at radius 2 is 2.33 bits per heavy atom. The van der Waals surface area contributed by atoms with Crippen molar-refractivity contribution in [3.8, 4) is 0 Å². The van der Waals surface area contributed by atoms with Crippen LogP contribution in [0.2, 0.25) is 0 Å². The van der Waals surface area contributed by atoms with Crippen molar-refractivity contribution < 1.29 is 9.84 Å². The zero-order chi connectivity index (χ0) is 12.4. The van der Waals surface area contributed by atoms with Crippen molar-refractivity contribution >= 4 is 10.9 Å². The maximum Gasteiger partial charge on any atom is 0.102 e. The first-order valence-corrected chi connectivity index (χ1v) is 6.32. The first kappa shape index (κ1) is 11.7. The van der Waals surface area contributed by atoms with Gasteiger partial charge < -0.3 is 20.1 Å². The monoisotopic (exact) mass is 246 g/mol. The van der Waals surface area contributed by atoms with Crippen molar-refractivity contribution in [2.75, 3.05) is 19.8 Å². The highest BCUT2D eigenvalue weighted by atomic mass is 16.5. The number of ether oxygens (including phenoxy) is 1. The van der Waals surface area contributed by atoms with Gasteiger partial charge >= 0.3 is 0 Å². The van der Waals surface area contributed by atoms with E-state index in [1.165, 1.54) is 10.9 Å². The van der Waals surface area contributed by atoms with Gasteiger partial charge in [0.25, 0.3) is 0 Å². The lowest BCUT2D eigenvalue weighted by Gasteiger charge is -2.20. The summed E-state index contributed by atoms with van der Waals surface area (Å²) >= 11 is 0. The molecule has 3 rings (SSSR count). The predicted octanol–water partition coefficient (Wildman–Crippen LogP) is 1.41. The molecule has 2 aromatic rings. The van der Waals surface area contributed by atoms with Gasteiger partial charge in [-0.3, -0.25) is 0 Å². The topological polar surface area (TPSA) is 57.3 Å². The van der Waals surface area contributed by atoms with Crippen molar-refractivity contribution in [2.45, 2.75) is 18.6 Å². The quantitative estimate of drug-likeness (QED) is 0.764. The highest BCUT2D eigenvalue weighted by Crippen LogP contribution is 2.18. The Labute approximate surface area is 106 Å². The Balaban J connectivity index is 1.59. The minimum atomic E-state index is -0.682. The number of aromatic nitrogens is 1. The molecule has 96 valence electrons. The molecule has 0 saturated carbocycles. The minimum Gasteiger partial charge on any atom is -0.386 e. The number of nitrogens with one attached hydrogen (secondary N) is 2. The van der Waals surface area contributed by atoms with Crippen molar-refractivity contribution in [3.63, 3.8) is 0 Å². The zero-order valence-electron chi connectivity index (χ0n) is 10.3. The van der Waals surface area contributed by atoms with Crippen LogP contribution in [-0.2, 0) is 11.3 Å². The fraction of sp³-hybridized carbons (Fsp3) is 0.429. The molecule has 1 unspecified atom stereocenters. The smallest absolute Gasteiger partial charge is 0.102 e. The Hall–Kier alpha value is -1.36. The van der Waals surface area contributed by atoms with E-state index in [-0.39, 0.29) is 0 Å². The van der Waals surface area contributed by atoms with E-state index in [0.717, 1.165) is 18.5 Å². The Bertz CT molecular complexity index is 529. The number of rotatable bonds is 4. The molecule has 0 bridgehead atoms. The summed E-state index contributed by atoms with van der Waals surface area (Å²) in [6, 6.07) is 8.41. The van der Waals surface area contributed by atoms with Gasteiger partial charge in [0.2, 0.25) is 0 Å². The Morgan fingerprint density at radius 3 is 3.17 bits per heavy atom. The molecule has 18 heavy (non-hydrogen) atoms. The first-order valence-electron chi connectivity index (χ1n) is 6.32. The zero-order valence-corrected chi connectivity index (χ0v) is 10.3. The van der Waals surface area contributed by atoms with Gasteiger partial charge in [0, 0.05) is 37.8 Å². The lowest BCUT2D eigenvalue weighted by molar-refractivity contribution is 0.0268. The minimum absolute atomic E-state index is 0.441. The lowest BCUT2D eigenvalue weighted by Crippen LogP contribution is -2.40. The molecule has 4 heteroatoms. The van der Waals surface area contributed by atoms with Crippen molar-refractivity contribution in [1.82, 2.24) is 10.3 Å². The van der Waals surface area contributed by atoms with E-state index >= 15 is 0 Å². The van der Waals surface area contributed by atoms with Crippen LogP contribution in [0.3, 0.4) is 0 Å². The van der Waals surface area contributed by atoms with Gasteiger partial charge in [-0.2, -0.15) is 0 Å². The largest absolute Gasteiger partial charge is 0.386 e. The van der Waals surface area contributed by atoms with E-state index < -0.39 is 5.60 Å². The van der Waals surface area contributed by atoms with Crippen LogP contribution in [0.4, 0.5) is 0 Å². The predicted molar refractivity (Wildman–Crippen MR) is 70.4 cm³/mol. The molecule has 1 aliphatic rings. The average Bonchev–Trinajstić information content (AvgIpc) is 2.97. The van der Waals surface area contributed by atoms with Crippen LogP contribution < -0.4 is 5.32 Å². The first-order chi connectivity index (χ1) is 8.75. The third-order valence-corrected chi connectivity index (χ3v) is 3.48. The lowest BCUT2D eigenvalue weighted by atomic mass is 10.0. The average molecular weight is 246 g/mol. The maximum atomic E-state index is 10.1. The summed E-state index contributed by atoms with van der Waals surface area (Å²) in [4.78, 5) is 3.18. The highest BCUT2D eigenvalue weighted by Gasteiger charge is 2.31. The van der Waals surface area contributed by atoms with Gasteiger partial charge in [0.15, 0.2) is 0 Å². The third kappa shape index (κ3) is 2.41. The summed E-state index contributed by atoms with van der Waals surface area (Å²) in [5.41, 5.74) is 1.70. The molecule has 3 N–H and O–H groups in total. The van der Waals surface area contributed by atoms with Gasteiger partial charge in [-0.1, -0.05) is 6.07 Å². The van der Waals surface area contributed by atoms with Crippen LogP contribution >= 0.6 is 0 Å². The molecule has 0 spiro atoms. The number of aromatic amines is 1. The second kappa shape index (κ2) is 4.72. The van der Waals surface area contributed by atoms with E-state index in [9.17, 15) is 5.11 Å². The molecule has 2 heterocycles. The van der Waals surface area contributed by atoms with Crippen LogP contribution in [0.25, 0.3) is 10.9 Å². The van der Waals surface area contributed by atoms with E-state index in [1.54, 1.807) is 0 Å². The number of aliphatic hydroxyl groups is 1. The number of H-pyrrole nitrogens is 1. The molecule has 4 nitrogen and oxygen atoms in total. The molecule has 1 atom stereocenters. The van der Waals surface area contributed by atoms with Gasteiger partial charge in [0.05, 0.1) is 6.61 Å². The number of fused-ring (bicyclic) bond motifs is 1. The number of benzene rings is 1. The summed E-state index contributed by atoms with van der Waals surface area (Å²) in [6.07, 6.45) is 2.66. The summed E-state index contributed by atoms with van der Waals surface area (Å²) in [5, 5.41) is 14.6. The second-order valence-corrected chi connectivity index (χ2v) is 5.03. The van der Waals surface area contributed by atoms with Crippen LogP contribution in [0.5, 0.6) is 0 Å².